The molecule has 4 aliphatic rings. The van der Waals surface area contributed by atoms with Crippen LogP contribution < -0.4 is 14.9 Å². The second-order valence-corrected chi connectivity index (χ2v) is 16.0. The van der Waals surface area contributed by atoms with Crippen LogP contribution in [0.2, 0.25) is 5.02 Å². The summed E-state index contributed by atoms with van der Waals surface area (Å²) in [5.41, 5.74) is 2.42. The number of benzene rings is 2. The molecule has 3 heterocycles. The molecule has 246 valence electrons. The number of hydrogen-bond donors (Lipinski definition) is 3. The van der Waals surface area contributed by atoms with Crippen molar-refractivity contribution in [1.29, 1.82) is 0 Å². The van der Waals surface area contributed by atoms with E-state index in [0.717, 1.165) is 31.7 Å². The van der Waals surface area contributed by atoms with E-state index in [1.165, 1.54) is 11.8 Å². The third-order valence-electron chi connectivity index (χ3n) is 10.1. The Labute approximate surface area is 284 Å². The second kappa shape index (κ2) is 12.1. The van der Waals surface area contributed by atoms with Gasteiger partial charge >= 0.3 is 10.8 Å². The van der Waals surface area contributed by atoms with E-state index >= 15 is 0 Å². The van der Waals surface area contributed by atoms with Crippen LogP contribution in [0.3, 0.4) is 0 Å². The van der Waals surface area contributed by atoms with Gasteiger partial charge in [-0.2, -0.15) is 0 Å². The van der Waals surface area contributed by atoms with Crippen LogP contribution in [0.15, 0.2) is 52.3 Å². The zero-order chi connectivity index (χ0) is 33.3. The van der Waals surface area contributed by atoms with Crippen LogP contribution in [0, 0.1) is 42.4 Å². The number of H-pyrrole nitrogens is 1. The Kier molecular flexibility index (Phi) is 8.25. The van der Waals surface area contributed by atoms with Crippen molar-refractivity contribution in [2.24, 2.45) is 35.5 Å². The number of nitrogens with zero attached hydrogens (tertiary/aromatic N) is 1. The molecule has 0 spiro atoms. The maximum absolute atomic E-state index is 14.0. The third kappa shape index (κ3) is 5.47. The summed E-state index contributed by atoms with van der Waals surface area (Å²) in [6.45, 7) is 5.44. The minimum atomic E-state index is -1.21. The van der Waals surface area contributed by atoms with E-state index in [1.807, 2.05) is 45.0 Å². The number of carbonyl (C=O) groups excluding carboxylic acids is 3. The number of aromatic nitrogens is 1. The molecule has 7 unspecified atom stereocenters. The number of nitrogens with one attached hydrogen (secondary N) is 2. The van der Waals surface area contributed by atoms with Gasteiger partial charge < -0.3 is 20.1 Å². The Morgan fingerprint density at radius 1 is 1.09 bits per heavy atom. The van der Waals surface area contributed by atoms with E-state index in [0.29, 0.717) is 28.4 Å². The fraction of sp³-hybridized carbons (Fsp3) is 0.441. The molecule has 1 aromatic heterocycles. The van der Waals surface area contributed by atoms with Crippen molar-refractivity contribution in [2.75, 3.05) is 11.9 Å². The van der Waals surface area contributed by atoms with Gasteiger partial charge in [0.25, 0.3) is 5.91 Å². The van der Waals surface area contributed by atoms with E-state index in [2.05, 4.69) is 10.3 Å². The van der Waals surface area contributed by atoms with E-state index in [9.17, 15) is 29.1 Å². The predicted molar refractivity (Wildman–Crippen MR) is 178 cm³/mol. The second-order valence-electron chi connectivity index (χ2n) is 13.4. The quantitative estimate of drug-likeness (QED) is 0.253. The largest absolute Gasteiger partial charge is 0.483 e. The first kappa shape index (κ1) is 32.0. The van der Waals surface area contributed by atoms with Crippen molar-refractivity contribution in [1.82, 2.24) is 9.88 Å². The molecule has 3 aromatic rings. The first-order valence-corrected chi connectivity index (χ1v) is 17.8. The molecule has 2 saturated carbocycles. The Morgan fingerprint density at radius 2 is 1.79 bits per heavy atom. The van der Waals surface area contributed by atoms with E-state index < -0.39 is 41.6 Å². The number of thioether (sulfide) groups is 1. The number of carboxylic acid groups (broad SMARTS) is 1. The summed E-state index contributed by atoms with van der Waals surface area (Å²) in [5, 5.41) is 13.9. The summed E-state index contributed by atoms with van der Waals surface area (Å²) in [4.78, 5) is 70.4. The van der Waals surface area contributed by atoms with Gasteiger partial charge in [0.05, 0.1) is 16.9 Å². The summed E-state index contributed by atoms with van der Waals surface area (Å²) >= 11 is 9.20. The van der Waals surface area contributed by atoms with E-state index in [1.54, 1.807) is 18.2 Å². The first-order valence-electron chi connectivity index (χ1n) is 15.7. The maximum atomic E-state index is 14.0. The molecule has 2 bridgehead atoms. The third-order valence-corrected chi connectivity index (χ3v) is 12.9. The van der Waals surface area contributed by atoms with Gasteiger partial charge in [-0.15, -0.1) is 11.8 Å². The van der Waals surface area contributed by atoms with Crippen molar-refractivity contribution in [3.8, 4) is 5.75 Å². The number of carboxylic acids is 1. The number of carbonyl (C=O) groups is 4. The molecule has 3 amide bonds. The number of aryl methyl sites for hydroxylation is 1. The molecule has 2 aliphatic carbocycles. The van der Waals surface area contributed by atoms with Gasteiger partial charge in [-0.05, 0) is 73.8 Å². The zero-order valence-electron chi connectivity index (χ0n) is 25.9. The Balaban J connectivity index is 1.23. The Morgan fingerprint density at radius 3 is 2.47 bits per heavy atom. The number of amides is 3. The number of rotatable bonds is 9. The predicted octanol–water partition coefficient (Wildman–Crippen LogP) is 5.39. The highest BCUT2D eigenvalue weighted by molar-refractivity contribution is 8.00. The molecule has 10 nitrogen and oxygen atoms in total. The van der Waals surface area contributed by atoms with Gasteiger partial charge in [0.1, 0.15) is 11.8 Å². The van der Waals surface area contributed by atoms with Gasteiger partial charge in [0.15, 0.2) is 6.61 Å². The van der Waals surface area contributed by atoms with E-state index in [4.69, 9.17) is 16.3 Å². The molecule has 7 rings (SSSR count). The topological polar surface area (TPSA) is 146 Å². The minimum absolute atomic E-state index is 0.0237. The molecule has 3 fully saturated rings. The molecule has 13 heteroatoms. The molecule has 1 saturated heterocycles. The highest BCUT2D eigenvalue weighted by Crippen LogP contribution is 2.69. The number of hydrogen-bond acceptors (Lipinski definition) is 8. The normalized spacial score (nSPS) is 27.9. The molecular weight excluding hydrogens is 662 g/mol. The van der Waals surface area contributed by atoms with Crippen LogP contribution in [-0.2, 0) is 19.2 Å². The highest BCUT2D eigenvalue weighted by Gasteiger charge is 2.70. The van der Waals surface area contributed by atoms with Crippen LogP contribution in [0.4, 0.5) is 5.69 Å². The van der Waals surface area contributed by atoms with Crippen molar-refractivity contribution in [3.05, 3.63) is 73.2 Å². The molecule has 47 heavy (non-hydrogen) atoms. The summed E-state index contributed by atoms with van der Waals surface area (Å²) < 4.78 is 6.13. The average molecular weight is 696 g/mol. The lowest BCUT2D eigenvalue weighted by Gasteiger charge is -2.43. The van der Waals surface area contributed by atoms with Crippen molar-refractivity contribution >= 4 is 64.1 Å². The molecule has 8 atom stereocenters. The van der Waals surface area contributed by atoms with Crippen molar-refractivity contribution in [3.63, 3.8) is 0 Å². The zero-order valence-corrected chi connectivity index (χ0v) is 28.3. The molecule has 0 radical (unpaired) electrons. The lowest BCUT2D eigenvalue weighted by Crippen LogP contribution is -2.47. The van der Waals surface area contributed by atoms with Gasteiger partial charge in [-0.3, -0.25) is 24.1 Å². The number of anilines is 1. The average Bonchev–Trinajstić information content (AvgIpc) is 3.75. The van der Waals surface area contributed by atoms with Gasteiger partial charge in [-0.1, -0.05) is 54.5 Å². The SMILES string of the molecule is Cc1ccc(NC(=O)COc2ccc(Cl)cc2[C@H]2c3sc(=O)[nH]c3SC3C4CC(C5C(=O)N(C(CC(C)C)C(=O)O)C(=O)C45)C32)cc1. The molecule has 2 aromatic carbocycles. The fourth-order valence-electron chi connectivity index (χ4n) is 8.33. The summed E-state index contributed by atoms with van der Waals surface area (Å²) in [7, 11) is 0. The molecule has 3 N–H and O–H groups in total. The molecular formula is C34H34ClN3O7S2. The lowest BCUT2D eigenvalue weighted by molar-refractivity contribution is -0.156. The van der Waals surface area contributed by atoms with Crippen molar-refractivity contribution in [2.45, 2.75) is 55.8 Å². The number of thiazole rings is 1. The summed E-state index contributed by atoms with van der Waals surface area (Å²) in [6.07, 6.45) is 0.835. The van der Waals surface area contributed by atoms with Gasteiger partial charge in [-0.25, -0.2) is 4.79 Å². The Hall–Kier alpha value is -3.61. The van der Waals surface area contributed by atoms with Crippen LogP contribution in [0.1, 0.15) is 48.6 Å². The highest BCUT2D eigenvalue weighted by atomic mass is 35.5. The number of aliphatic carboxylic acids is 1. The number of imide groups is 1. The van der Waals surface area contributed by atoms with E-state index in [-0.39, 0.29) is 52.7 Å². The molecule has 2 aliphatic heterocycles. The van der Waals surface area contributed by atoms with Crippen LogP contribution in [-0.4, -0.2) is 56.6 Å². The van der Waals surface area contributed by atoms with Gasteiger partial charge in [0, 0.05) is 32.3 Å². The van der Waals surface area contributed by atoms with Crippen LogP contribution in [0.5, 0.6) is 5.75 Å². The Bertz CT molecular complexity index is 1840. The number of halogens is 1. The maximum Gasteiger partial charge on any atom is 0.326 e. The number of ether oxygens (including phenoxy) is 1. The van der Waals surface area contributed by atoms with Gasteiger partial charge in [0.2, 0.25) is 11.8 Å². The monoisotopic (exact) mass is 695 g/mol. The lowest BCUT2D eigenvalue weighted by atomic mass is 9.68. The minimum Gasteiger partial charge on any atom is -0.483 e. The van der Waals surface area contributed by atoms with Crippen molar-refractivity contribution < 1.29 is 29.0 Å². The number of aromatic amines is 1. The smallest absolute Gasteiger partial charge is 0.326 e. The number of likely N-dealkylation sites (tertiary alicyclic amines) is 1. The standard InChI is InChI=1S/C34H34ClN3O7S2/c1-14(2)10-21(33(42)43)38-31(40)26-19-12-20(27(26)32(38)41)28-25(19)24(29-30(46-28)37-34(44)47-29)18-11-16(35)6-9-22(18)45-13-23(39)36-17-7-4-15(3)5-8-17/h4-9,11,14,19-21,24-28H,10,12-13H2,1-3H3,(H,36,39)(H,37,44)(H,42,43)/t19?,20?,21?,24-,25?,26?,27?,28?/m1/s1. The van der Waals surface area contributed by atoms with Crippen LogP contribution in [0.25, 0.3) is 0 Å². The summed E-state index contributed by atoms with van der Waals surface area (Å²) in [5.74, 6) is -4.07. The summed E-state index contributed by atoms with van der Waals surface area (Å²) in [6, 6.07) is 11.4. The van der Waals surface area contributed by atoms with Crippen LogP contribution >= 0.6 is 34.7 Å². The number of fused-ring (bicyclic) bond motifs is 9. The first-order chi connectivity index (χ1) is 22.4. The fourth-order valence-corrected chi connectivity index (χ4v) is 11.4.